The fraction of sp³-hybridized carbons (Fsp3) is 0. The lowest BCUT2D eigenvalue weighted by Crippen LogP contribution is -1.84. The number of aromatic nitrogens is 2. The van der Waals surface area contributed by atoms with Crippen LogP contribution in [0.4, 0.5) is 5.82 Å². The first-order valence-corrected chi connectivity index (χ1v) is 4.25. The van der Waals surface area contributed by atoms with Gasteiger partial charge in [0, 0.05) is 11.6 Å². The van der Waals surface area contributed by atoms with Crippen LogP contribution in [0.5, 0.6) is 0 Å². The molecule has 0 fully saturated rings. The van der Waals surface area contributed by atoms with Crippen molar-refractivity contribution in [3.8, 4) is 0 Å². The average molecular weight is 185 g/mol. The molecule has 3 aromatic rings. The number of pyridine rings is 1. The Labute approximate surface area is 79.3 Å². The van der Waals surface area contributed by atoms with E-state index in [1.807, 2.05) is 24.3 Å². The first-order chi connectivity index (χ1) is 6.86. The van der Waals surface area contributed by atoms with Crippen LogP contribution in [0.2, 0.25) is 0 Å². The van der Waals surface area contributed by atoms with Crippen LogP contribution in [0.25, 0.3) is 21.9 Å². The van der Waals surface area contributed by atoms with E-state index in [0.717, 1.165) is 16.3 Å². The van der Waals surface area contributed by atoms with Crippen molar-refractivity contribution in [1.29, 1.82) is 0 Å². The highest BCUT2D eigenvalue weighted by Gasteiger charge is 2.08. The Hall–Kier alpha value is -2.10. The topological polar surface area (TPSA) is 64.9 Å². The van der Waals surface area contributed by atoms with E-state index < -0.39 is 0 Å². The third kappa shape index (κ3) is 0.821. The number of anilines is 1. The molecule has 2 heterocycles. The summed E-state index contributed by atoms with van der Waals surface area (Å²) in [5, 5.41) is 5.42. The Kier molecular flexibility index (Phi) is 1.28. The second kappa shape index (κ2) is 2.45. The van der Waals surface area contributed by atoms with Crippen molar-refractivity contribution in [3.63, 3.8) is 0 Å². The van der Waals surface area contributed by atoms with Gasteiger partial charge in [-0.15, -0.1) is 0 Å². The molecule has 0 radical (unpaired) electrons. The minimum Gasteiger partial charge on any atom is -0.380 e. The third-order valence-corrected chi connectivity index (χ3v) is 2.24. The molecule has 4 nitrogen and oxygen atoms in total. The molecule has 0 bridgehead atoms. The van der Waals surface area contributed by atoms with Gasteiger partial charge in [0.2, 0.25) is 0 Å². The third-order valence-electron chi connectivity index (χ3n) is 2.24. The van der Waals surface area contributed by atoms with E-state index in [9.17, 15) is 0 Å². The van der Waals surface area contributed by atoms with E-state index >= 15 is 0 Å². The number of hydrogen-bond donors (Lipinski definition) is 1. The highest BCUT2D eigenvalue weighted by Crippen LogP contribution is 2.26. The van der Waals surface area contributed by atoms with Crippen LogP contribution in [0, 0.1) is 0 Å². The Balaban J connectivity index is 2.61. The normalized spacial score (nSPS) is 11.1. The molecule has 0 unspecified atom stereocenters. The maximum atomic E-state index is 5.62. The Morgan fingerprint density at radius 2 is 2.00 bits per heavy atom. The SMILES string of the molecule is Nc1noc2c1cnc1ccccc12. The van der Waals surface area contributed by atoms with Gasteiger partial charge in [0.1, 0.15) is 0 Å². The molecule has 68 valence electrons. The number of hydrogen-bond acceptors (Lipinski definition) is 4. The summed E-state index contributed by atoms with van der Waals surface area (Å²) in [4.78, 5) is 4.26. The molecule has 1 aromatic carbocycles. The lowest BCUT2D eigenvalue weighted by Gasteiger charge is -1.94. The van der Waals surface area contributed by atoms with E-state index in [-0.39, 0.29) is 0 Å². The fourth-order valence-corrected chi connectivity index (χ4v) is 1.54. The zero-order valence-electron chi connectivity index (χ0n) is 7.27. The Morgan fingerprint density at radius 3 is 2.93 bits per heavy atom. The molecule has 2 N–H and O–H groups in total. The summed E-state index contributed by atoms with van der Waals surface area (Å²) in [6.07, 6.45) is 1.68. The summed E-state index contributed by atoms with van der Waals surface area (Å²) in [7, 11) is 0. The molecule has 2 aromatic heterocycles. The minimum absolute atomic E-state index is 0.387. The van der Waals surface area contributed by atoms with Gasteiger partial charge in [0.15, 0.2) is 11.4 Å². The lowest BCUT2D eigenvalue weighted by molar-refractivity contribution is 0.462. The maximum Gasteiger partial charge on any atom is 0.180 e. The molecule has 0 saturated carbocycles. The number of nitrogens with zero attached hydrogens (tertiary/aromatic N) is 2. The molecule has 0 spiro atoms. The average Bonchev–Trinajstić information content (AvgIpc) is 2.61. The highest BCUT2D eigenvalue weighted by molar-refractivity contribution is 6.04. The van der Waals surface area contributed by atoms with Crippen LogP contribution in [-0.4, -0.2) is 10.1 Å². The predicted molar refractivity (Wildman–Crippen MR) is 53.7 cm³/mol. The highest BCUT2D eigenvalue weighted by atomic mass is 16.5. The summed E-state index contributed by atoms with van der Waals surface area (Å²) in [6, 6.07) is 7.73. The van der Waals surface area contributed by atoms with Crippen LogP contribution >= 0.6 is 0 Å². The van der Waals surface area contributed by atoms with Gasteiger partial charge in [0.25, 0.3) is 0 Å². The van der Waals surface area contributed by atoms with Gasteiger partial charge in [-0.05, 0) is 12.1 Å². The Bertz CT molecular complexity index is 615. The standard InChI is InChI=1S/C10H7N3O/c11-10-7-5-12-8-4-2-1-3-6(8)9(7)14-13-10/h1-5H,(H2,11,13). The first-order valence-electron chi connectivity index (χ1n) is 4.25. The largest absolute Gasteiger partial charge is 0.380 e. The maximum absolute atomic E-state index is 5.62. The molecule has 3 rings (SSSR count). The molecule has 4 heteroatoms. The van der Waals surface area contributed by atoms with Crippen molar-refractivity contribution in [2.45, 2.75) is 0 Å². The van der Waals surface area contributed by atoms with E-state index in [4.69, 9.17) is 10.3 Å². The van der Waals surface area contributed by atoms with Crippen molar-refractivity contribution in [1.82, 2.24) is 10.1 Å². The van der Waals surface area contributed by atoms with Crippen LogP contribution in [0.15, 0.2) is 35.0 Å². The van der Waals surface area contributed by atoms with E-state index in [0.29, 0.717) is 11.4 Å². The van der Waals surface area contributed by atoms with Crippen molar-refractivity contribution in [3.05, 3.63) is 30.5 Å². The summed E-state index contributed by atoms with van der Waals surface area (Å²) >= 11 is 0. The molecule has 0 aliphatic rings. The zero-order chi connectivity index (χ0) is 9.54. The number of fused-ring (bicyclic) bond motifs is 3. The van der Waals surface area contributed by atoms with Crippen LogP contribution < -0.4 is 5.73 Å². The minimum atomic E-state index is 0.387. The van der Waals surface area contributed by atoms with Crippen LogP contribution in [0.3, 0.4) is 0 Å². The number of rotatable bonds is 0. The molecule has 0 aliphatic heterocycles. The number of nitrogen functional groups attached to an aromatic ring is 1. The lowest BCUT2D eigenvalue weighted by atomic mass is 10.2. The molecule has 14 heavy (non-hydrogen) atoms. The molecular formula is C10H7N3O. The quantitative estimate of drug-likeness (QED) is 0.581. The number of benzene rings is 1. The van der Waals surface area contributed by atoms with Gasteiger partial charge < -0.3 is 10.3 Å². The van der Waals surface area contributed by atoms with Gasteiger partial charge in [-0.3, -0.25) is 4.98 Å². The molecule has 0 saturated heterocycles. The van der Waals surface area contributed by atoms with Crippen molar-refractivity contribution in [2.24, 2.45) is 0 Å². The first kappa shape index (κ1) is 7.32. The van der Waals surface area contributed by atoms with Gasteiger partial charge >= 0.3 is 0 Å². The molecule has 0 aliphatic carbocycles. The fourth-order valence-electron chi connectivity index (χ4n) is 1.54. The van der Waals surface area contributed by atoms with E-state index in [1.165, 1.54) is 0 Å². The van der Waals surface area contributed by atoms with Crippen molar-refractivity contribution in [2.75, 3.05) is 5.73 Å². The molecular weight excluding hydrogens is 178 g/mol. The van der Waals surface area contributed by atoms with Gasteiger partial charge in [-0.2, -0.15) is 0 Å². The second-order valence-electron chi connectivity index (χ2n) is 3.09. The van der Waals surface area contributed by atoms with Crippen molar-refractivity contribution >= 4 is 27.7 Å². The monoisotopic (exact) mass is 185 g/mol. The number of para-hydroxylation sites is 1. The molecule has 0 amide bonds. The number of nitrogens with two attached hydrogens (primary N) is 1. The summed E-state index contributed by atoms with van der Waals surface area (Å²) in [5.41, 5.74) is 7.21. The van der Waals surface area contributed by atoms with Crippen LogP contribution in [0.1, 0.15) is 0 Å². The Morgan fingerprint density at radius 1 is 1.14 bits per heavy atom. The zero-order valence-corrected chi connectivity index (χ0v) is 7.27. The predicted octanol–water partition coefficient (Wildman–Crippen LogP) is 1.96. The summed E-state index contributed by atoms with van der Waals surface area (Å²) in [6.45, 7) is 0. The van der Waals surface area contributed by atoms with Gasteiger partial charge in [-0.1, -0.05) is 17.3 Å². The summed E-state index contributed by atoms with van der Waals surface area (Å²) in [5.74, 6) is 0.387. The van der Waals surface area contributed by atoms with Gasteiger partial charge in [-0.25, -0.2) is 0 Å². The molecule has 0 atom stereocenters. The van der Waals surface area contributed by atoms with Gasteiger partial charge in [0.05, 0.1) is 10.9 Å². The smallest absolute Gasteiger partial charge is 0.180 e. The van der Waals surface area contributed by atoms with E-state index in [2.05, 4.69) is 10.1 Å². The summed E-state index contributed by atoms with van der Waals surface area (Å²) < 4.78 is 5.15. The second-order valence-corrected chi connectivity index (χ2v) is 3.09. The van der Waals surface area contributed by atoms with E-state index in [1.54, 1.807) is 6.20 Å². The van der Waals surface area contributed by atoms with Crippen molar-refractivity contribution < 1.29 is 4.52 Å². The van der Waals surface area contributed by atoms with Crippen LogP contribution in [-0.2, 0) is 0 Å².